The lowest BCUT2D eigenvalue weighted by atomic mass is 10.00. The van der Waals surface area contributed by atoms with Gasteiger partial charge < -0.3 is 16.3 Å². The van der Waals surface area contributed by atoms with Crippen LogP contribution in [0.5, 0.6) is 0 Å². The number of oxime groups is 1. The molecule has 0 bridgehead atoms. The summed E-state index contributed by atoms with van der Waals surface area (Å²) in [6.07, 6.45) is 8.86. The Morgan fingerprint density at radius 2 is 1.88 bits per heavy atom. The molecule has 3 aliphatic carbocycles. The Balaban J connectivity index is 1.49. The van der Waals surface area contributed by atoms with Crippen LogP contribution in [0.25, 0.3) is 0 Å². The minimum atomic E-state index is 0.304. The average Bonchev–Trinajstić information content (AvgIpc) is 3.10. The maximum atomic E-state index is 8.64. The highest BCUT2D eigenvalue weighted by Crippen LogP contribution is 2.50. The zero-order chi connectivity index (χ0) is 11.9. The Morgan fingerprint density at radius 1 is 1.29 bits per heavy atom. The van der Waals surface area contributed by atoms with Crippen molar-refractivity contribution in [2.75, 3.05) is 6.54 Å². The zero-order valence-corrected chi connectivity index (χ0v) is 10.4. The van der Waals surface area contributed by atoms with Gasteiger partial charge in [0.2, 0.25) is 0 Å². The highest BCUT2D eigenvalue weighted by atomic mass is 16.4. The van der Waals surface area contributed by atoms with E-state index in [2.05, 4.69) is 10.5 Å². The van der Waals surface area contributed by atoms with Crippen LogP contribution in [0.4, 0.5) is 0 Å². The second-order valence-electron chi connectivity index (χ2n) is 6.35. The summed E-state index contributed by atoms with van der Waals surface area (Å²) in [6, 6.07) is 0.764. The van der Waals surface area contributed by atoms with E-state index in [0.717, 1.165) is 30.8 Å². The molecule has 96 valence electrons. The zero-order valence-electron chi connectivity index (χ0n) is 10.4. The third kappa shape index (κ3) is 2.73. The molecule has 0 saturated heterocycles. The normalized spacial score (nSPS) is 27.5. The molecule has 0 atom stereocenters. The summed E-state index contributed by atoms with van der Waals surface area (Å²) in [4.78, 5) is 0. The minimum Gasteiger partial charge on any atom is -0.409 e. The fourth-order valence-corrected chi connectivity index (χ4v) is 2.98. The lowest BCUT2D eigenvalue weighted by Crippen LogP contribution is -2.38. The van der Waals surface area contributed by atoms with Crippen LogP contribution in [0, 0.1) is 17.3 Å². The number of hydrogen-bond donors (Lipinski definition) is 3. The summed E-state index contributed by atoms with van der Waals surface area (Å²) >= 11 is 0. The van der Waals surface area contributed by atoms with Crippen molar-refractivity contribution in [1.29, 1.82) is 0 Å². The number of rotatable bonds is 7. The summed E-state index contributed by atoms with van der Waals surface area (Å²) in [5, 5.41) is 15.5. The van der Waals surface area contributed by atoms with Gasteiger partial charge in [-0.3, -0.25) is 0 Å². The largest absolute Gasteiger partial charge is 0.409 e. The first-order valence-electron chi connectivity index (χ1n) is 6.92. The second-order valence-corrected chi connectivity index (χ2v) is 6.35. The quantitative estimate of drug-likeness (QED) is 0.273. The molecule has 0 aromatic carbocycles. The standard InChI is InChI=1S/C13H23N3O/c14-11(16-17)7-13(5-6-13)8-15-12(9-1-2-9)10-3-4-10/h9-10,12,15,17H,1-8H2,(H2,14,16). The second kappa shape index (κ2) is 4.16. The van der Waals surface area contributed by atoms with Gasteiger partial charge in [-0.05, 0) is 55.8 Å². The van der Waals surface area contributed by atoms with Gasteiger partial charge in [0.25, 0.3) is 0 Å². The van der Waals surface area contributed by atoms with Gasteiger partial charge in [-0.15, -0.1) is 0 Å². The van der Waals surface area contributed by atoms with Crippen molar-refractivity contribution in [1.82, 2.24) is 5.32 Å². The molecular weight excluding hydrogens is 214 g/mol. The van der Waals surface area contributed by atoms with Crippen molar-refractivity contribution in [3.8, 4) is 0 Å². The minimum absolute atomic E-state index is 0.304. The number of nitrogens with zero attached hydrogens (tertiary/aromatic N) is 1. The summed E-state index contributed by atoms with van der Waals surface area (Å²) in [5.74, 6) is 2.28. The van der Waals surface area contributed by atoms with Crippen LogP contribution >= 0.6 is 0 Å². The average molecular weight is 237 g/mol. The highest BCUT2D eigenvalue weighted by molar-refractivity contribution is 5.80. The van der Waals surface area contributed by atoms with E-state index < -0.39 is 0 Å². The SMILES string of the molecule is NC(CC1(CNC(C2CC2)C2CC2)CC1)=NO. The van der Waals surface area contributed by atoms with Crippen molar-refractivity contribution in [2.24, 2.45) is 28.1 Å². The Labute approximate surface area is 103 Å². The van der Waals surface area contributed by atoms with Gasteiger partial charge in [0.1, 0.15) is 5.84 Å². The van der Waals surface area contributed by atoms with E-state index in [-0.39, 0.29) is 0 Å². The lowest BCUT2D eigenvalue weighted by Gasteiger charge is -2.22. The topological polar surface area (TPSA) is 70.6 Å². The maximum Gasteiger partial charge on any atom is 0.139 e. The van der Waals surface area contributed by atoms with E-state index in [1.807, 2.05) is 0 Å². The van der Waals surface area contributed by atoms with Crippen molar-refractivity contribution in [3.63, 3.8) is 0 Å². The van der Waals surface area contributed by atoms with E-state index in [4.69, 9.17) is 10.9 Å². The van der Waals surface area contributed by atoms with Gasteiger partial charge in [-0.25, -0.2) is 0 Å². The molecule has 3 aliphatic rings. The van der Waals surface area contributed by atoms with Gasteiger partial charge in [-0.1, -0.05) is 5.16 Å². The summed E-state index contributed by atoms with van der Waals surface area (Å²) in [5.41, 5.74) is 5.93. The van der Waals surface area contributed by atoms with E-state index in [1.165, 1.54) is 38.5 Å². The van der Waals surface area contributed by atoms with E-state index >= 15 is 0 Å². The fraction of sp³-hybridized carbons (Fsp3) is 0.923. The van der Waals surface area contributed by atoms with Crippen LogP contribution in [0.2, 0.25) is 0 Å². The molecule has 0 amide bonds. The molecule has 17 heavy (non-hydrogen) atoms. The number of amidine groups is 1. The van der Waals surface area contributed by atoms with E-state index in [0.29, 0.717) is 11.3 Å². The summed E-state index contributed by atoms with van der Waals surface area (Å²) in [7, 11) is 0. The smallest absolute Gasteiger partial charge is 0.139 e. The van der Waals surface area contributed by atoms with Gasteiger partial charge in [0.05, 0.1) is 0 Å². The van der Waals surface area contributed by atoms with Gasteiger partial charge in [-0.2, -0.15) is 0 Å². The van der Waals surface area contributed by atoms with E-state index in [1.54, 1.807) is 0 Å². The summed E-state index contributed by atoms with van der Waals surface area (Å²) < 4.78 is 0. The molecule has 0 spiro atoms. The molecule has 0 aliphatic heterocycles. The maximum absolute atomic E-state index is 8.64. The third-order valence-corrected chi connectivity index (χ3v) is 4.61. The van der Waals surface area contributed by atoms with Crippen molar-refractivity contribution >= 4 is 5.84 Å². The predicted octanol–water partition coefficient (Wildman–Crippen LogP) is 1.68. The van der Waals surface area contributed by atoms with Gasteiger partial charge in [0.15, 0.2) is 0 Å². The van der Waals surface area contributed by atoms with Crippen molar-refractivity contribution in [3.05, 3.63) is 0 Å². The Morgan fingerprint density at radius 3 is 2.29 bits per heavy atom. The third-order valence-electron chi connectivity index (χ3n) is 4.61. The number of nitrogens with one attached hydrogen (secondary N) is 1. The van der Waals surface area contributed by atoms with E-state index in [9.17, 15) is 0 Å². The molecule has 0 heterocycles. The molecule has 4 N–H and O–H groups in total. The molecule has 0 aromatic heterocycles. The van der Waals surface area contributed by atoms with Crippen LogP contribution in [0.1, 0.15) is 44.9 Å². The molecule has 0 radical (unpaired) electrons. The molecule has 3 saturated carbocycles. The van der Waals surface area contributed by atoms with Crippen LogP contribution in [0.15, 0.2) is 5.16 Å². The molecule has 4 nitrogen and oxygen atoms in total. The first-order chi connectivity index (χ1) is 8.22. The lowest BCUT2D eigenvalue weighted by molar-refractivity contribution is 0.312. The molecular formula is C13H23N3O. The molecule has 3 rings (SSSR count). The number of hydrogen-bond acceptors (Lipinski definition) is 3. The van der Waals surface area contributed by atoms with Gasteiger partial charge >= 0.3 is 0 Å². The fourth-order valence-electron chi connectivity index (χ4n) is 2.98. The molecule has 4 heteroatoms. The number of nitrogens with two attached hydrogens (primary N) is 1. The van der Waals surface area contributed by atoms with Crippen LogP contribution in [-0.4, -0.2) is 23.6 Å². The van der Waals surface area contributed by atoms with Crippen molar-refractivity contribution < 1.29 is 5.21 Å². The molecule has 0 unspecified atom stereocenters. The molecule has 0 aromatic rings. The first kappa shape index (κ1) is 11.3. The van der Waals surface area contributed by atoms with Crippen LogP contribution < -0.4 is 11.1 Å². The Hall–Kier alpha value is -0.770. The van der Waals surface area contributed by atoms with Crippen LogP contribution in [-0.2, 0) is 0 Å². The molecule has 3 fully saturated rings. The first-order valence-corrected chi connectivity index (χ1v) is 6.92. The monoisotopic (exact) mass is 237 g/mol. The Kier molecular flexibility index (Phi) is 2.77. The highest BCUT2D eigenvalue weighted by Gasteiger charge is 2.46. The van der Waals surface area contributed by atoms with Gasteiger partial charge in [0, 0.05) is 19.0 Å². The van der Waals surface area contributed by atoms with Crippen LogP contribution in [0.3, 0.4) is 0 Å². The Bertz CT molecular complexity index is 305. The predicted molar refractivity (Wildman–Crippen MR) is 66.9 cm³/mol. The van der Waals surface area contributed by atoms with Crippen molar-refractivity contribution in [2.45, 2.75) is 51.0 Å². The summed E-state index contributed by atoms with van der Waals surface area (Å²) in [6.45, 7) is 1.06.